The monoisotopic (exact) mass is 337 g/mol. The van der Waals surface area contributed by atoms with Crippen LogP contribution >= 0.6 is 15.9 Å². The maximum Gasteiger partial charge on any atom is 0.125 e. The molecule has 1 saturated carbocycles. The van der Waals surface area contributed by atoms with Crippen molar-refractivity contribution in [3.05, 3.63) is 27.7 Å². The highest BCUT2D eigenvalue weighted by molar-refractivity contribution is 9.10. The average Bonchev–Trinajstić information content (AvgIpc) is 2.84. The van der Waals surface area contributed by atoms with Gasteiger partial charge in [0.1, 0.15) is 5.75 Å². The van der Waals surface area contributed by atoms with E-state index in [9.17, 15) is 0 Å². The first kappa shape index (κ1) is 14.4. The van der Waals surface area contributed by atoms with Gasteiger partial charge in [-0.1, -0.05) is 42.6 Å². The van der Waals surface area contributed by atoms with E-state index in [0.717, 1.165) is 42.0 Å². The first-order valence-corrected chi connectivity index (χ1v) is 8.52. The summed E-state index contributed by atoms with van der Waals surface area (Å²) >= 11 is 3.63. The quantitative estimate of drug-likeness (QED) is 0.882. The Balaban J connectivity index is 1.91. The highest BCUT2D eigenvalue weighted by atomic mass is 79.9. The molecule has 2 nitrogen and oxygen atoms in total. The van der Waals surface area contributed by atoms with Crippen LogP contribution in [0, 0.1) is 11.8 Å². The molecular formula is C17H24BrNO. The third-order valence-corrected chi connectivity index (χ3v) is 5.86. The maximum absolute atomic E-state index is 6.80. The van der Waals surface area contributed by atoms with Gasteiger partial charge in [-0.3, -0.25) is 0 Å². The van der Waals surface area contributed by atoms with Crippen LogP contribution < -0.4 is 10.5 Å². The molecule has 1 aliphatic carbocycles. The number of ether oxygens (including phenoxy) is 1. The second kappa shape index (κ2) is 5.34. The minimum Gasteiger partial charge on any atom is -0.493 e. The molecule has 3 atom stereocenters. The lowest BCUT2D eigenvalue weighted by atomic mass is 9.66. The van der Waals surface area contributed by atoms with E-state index in [-0.39, 0.29) is 5.54 Å². The van der Waals surface area contributed by atoms with Crippen molar-refractivity contribution >= 4 is 15.9 Å². The lowest BCUT2D eigenvalue weighted by Gasteiger charge is -2.43. The lowest BCUT2D eigenvalue weighted by Crippen LogP contribution is -2.52. The molecule has 3 unspecified atom stereocenters. The van der Waals surface area contributed by atoms with Gasteiger partial charge in [-0.2, -0.15) is 0 Å². The van der Waals surface area contributed by atoms with Crippen LogP contribution in [0.15, 0.2) is 16.6 Å². The summed E-state index contributed by atoms with van der Waals surface area (Å²) in [5.74, 6) is 2.38. The third-order valence-electron chi connectivity index (χ3n) is 5.41. The largest absolute Gasteiger partial charge is 0.493 e. The minimum atomic E-state index is -0.0851. The molecular weight excluding hydrogens is 314 g/mol. The van der Waals surface area contributed by atoms with Gasteiger partial charge in [-0.15, -0.1) is 0 Å². The van der Waals surface area contributed by atoms with Crippen LogP contribution in [0.3, 0.4) is 0 Å². The Hall–Kier alpha value is -0.540. The van der Waals surface area contributed by atoms with Crippen molar-refractivity contribution in [3.63, 3.8) is 0 Å². The van der Waals surface area contributed by atoms with E-state index in [1.54, 1.807) is 0 Å². The van der Waals surface area contributed by atoms with E-state index in [1.165, 1.54) is 24.0 Å². The van der Waals surface area contributed by atoms with Gasteiger partial charge in [0.15, 0.2) is 0 Å². The van der Waals surface area contributed by atoms with Crippen molar-refractivity contribution in [2.45, 2.75) is 51.5 Å². The van der Waals surface area contributed by atoms with E-state index < -0.39 is 0 Å². The SMILES string of the molecule is CC1CCCC(N)(Cc2cc(Br)cc3c2OCC3)C1C. The number of hydrogen-bond acceptors (Lipinski definition) is 2. The summed E-state index contributed by atoms with van der Waals surface area (Å²) in [6.07, 6.45) is 5.64. The topological polar surface area (TPSA) is 35.2 Å². The molecule has 110 valence electrons. The molecule has 1 aromatic rings. The predicted molar refractivity (Wildman–Crippen MR) is 86.1 cm³/mol. The summed E-state index contributed by atoms with van der Waals surface area (Å²) < 4.78 is 7.01. The Labute approximate surface area is 130 Å². The van der Waals surface area contributed by atoms with E-state index in [1.807, 2.05) is 0 Å². The zero-order valence-corrected chi connectivity index (χ0v) is 14.0. The summed E-state index contributed by atoms with van der Waals surface area (Å²) in [5, 5.41) is 0. The molecule has 1 aromatic carbocycles. The zero-order valence-electron chi connectivity index (χ0n) is 12.4. The van der Waals surface area contributed by atoms with Gasteiger partial charge in [0.25, 0.3) is 0 Å². The van der Waals surface area contributed by atoms with Crippen molar-refractivity contribution in [1.82, 2.24) is 0 Å². The van der Waals surface area contributed by atoms with Gasteiger partial charge in [0.2, 0.25) is 0 Å². The first-order valence-electron chi connectivity index (χ1n) is 7.72. The fourth-order valence-corrected chi connectivity index (χ4v) is 4.43. The molecule has 3 rings (SSSR count). The molecule has 2 N–H and O–H groups in total. The van der Waals surface area contributed by atoms with Crippen LogP contribution in [-0.4, -0.2) is 12.1 Å². The highest BCUT2D eigenvalue weighted by Gasteiger charge is 2.39. The molecule has 1 heterocycles. The maximum atomic E-state index is 6.80. The van der Waals surface area contributed by atoms with E-state index in [4.69, 9.17) is 10.5 Å². The third kappa shape index (κ3) is 2.50. The van der Waals surface area contributed by atoms with Crippen LogP contribution in [0.2, 0.25) is 0 Å². The van der Waals surface area contributed by atoms with Crippen molar-refractivity contribution in [1.29, 1.82) is 0 Å². The average molecular weight is 338 g/mol. The van der Waals surface area contributed by atoms with Gasteiger partial charge in [0, 0.05) is 16.4 Å². The van der Waals surface area contributed by atoms with Gasteiger partial charge in [-0.25, -0.2) is 0 Å². The molecule has 2 aliphatic rings. The van der Waals surface area contributed by atoms with Crippen LogP contribution in [0.5, 0.6) is 5.75 Å². The Kier molecular flexibility index (Phi) is 3.85. The summed E-state index contributed by atoms with van der Waals surface area (Å²) in [5.41, 5.74) is 9.33. The van der Waals surface area contributed by atoms with Crippen LogP contribution in [0.25, 0.3) is 0 Å². The van der Waals surface area contributed by atoms with Crippen molar-refractivity contribution in [2.75, 3.05) is 6.61 Å². The van der Waals surface area contributed by atoms with Gasteiger partial charge >= 0.3 is 0 Å². The standard InChI is InChI=1S/C17H24BrNO/c1-11-4-3-6-17(19,12(11)2)10-14-9-15(18)8-13-5-7-20-16(13)14/h8-9,11-12H,3-7,10,19H2,1-2H3. The molecule has 0 aromatic heterocycles. The van der Waals surface area contributed by atoms with Gasteiger partial charge < -0.3 is 10.5 Å². The van der Waals surface area contributed by atoms with E-state index in [2.05, 4.69) is 41.9 Å². The van der Waals surface area contributed by atoms with Crippen LogP contribution in [0.1, 0.15) is 44.2 Å². The molecule has 20 heavy (non-hydrogen) atoms. The second-order valence-electron chi connectivity index (χ2n) is 6.72. The summed E-state index contributed by atoms with van der Waals surface area (Å²) in [7, 11) is 0. The molecule has 0 amide bonds. The number of hydrogen-bond donors (Lipinski definition) is 1. The zero-order chi connectivity index (χ0) is 14.3. The van der Waals surface area contributed by atoms with E-state index >= 15 is 0 Å². The fourth-order valence-electron chi connectivity index (χ4n) is 3.88. The predicted octanol–water partition coefficient (Wildman–Crippen LogP) is 4.08. The van der Waals surface area contributed by atoms with Crippen molar-refractivity contribution in [3.8, 4) is 5.75 Å². The minimum absolute atomic E-state index is 0.0851. The number of benzene rings is 1. The molecule has 0 bridgehead atoms. The Morgan fingerprint density at radius 1 is 1.40 bits per heavy atom. The van der Waals surface area contributed by atoms with Crippen molar-refractivity contribution < 1.29 is 4.74 Å². The van der Waals surface area contributed by atoms with Crippen LogP contribution in [-0.2, 0) is 12.8 Å². The smallest absolute Gasteiger partial charge is 0.125 e. The number of halogens is 1. The number of nitrogens with two attached hydrogens (primary N) is 1. The summed E-state index contributed by atoms with van der Waals surface area (Å²) in [6, 6.07) is 4.38. The lowest BCUT2D eigenvalue weighted by molar-refractivity contribution is 0.142. The summed E-state index contributed by atoms with van der Waals surface area (Å²) in [6.45, 7) is 5.47. The number of fused-ring (bicyclic) bond motifs is 1. The molecule has 1 aliphatic heterocycles. The summed E-state index contributed by atoms with van der Waals surface area (Å²) in [4.78, 5) is 0. The van der Waals surface area contributed by atoms with E-state index in [0.29, 0.717) is 5.92 Å². The first-order chi connectivity index (χ1) is 9.49. The normalized spacial score (nSPS) is 32.8. The Morgan fingerprint density at radius 2 is 2.20 bits per heavy atom. The molecule has 0 spiro atoms. The van der Waals surface area contributed by atoms with Crippen LogP contribution in [0.4, 0.5) is 0 Å². The Bertz CT molecular complexity index is 516. The highest BCUT2D eigenvalue weighted by Crippen LogP contribution is 2.41. The van der Waals surface area contributed by atoms with Gasteiger partial charge in [-0.05, 0) is 47.9 Å². The second-order valence-corrected chi connectivity index (χ2v) is 7.64. The van der Waals surface area contributed by atoms with Crippen molar-refractivity contribution in [2.24, 2.45) is 17.6 Å². The molecule has 3 heteroatoms. The number of rotatable bonds is 2. The molecule has 1 fully saturated rings. The molecule has 0 saturated heterocycles. The Morgan fingerprint density at radius 3 is 3.00 bits per heavy atom. The molecule has 0 radical (unpaired) electrons. The van der Waals surface area contributed by atoms with Gasteiger partial charge in [0.05, 0.1) is 6.61 Å². The fraction of sp³-hybridized carbons (Fsp3) is 0.647.